The van der Waals surface area contributed by atoms with Crippen LogP contribution in [0.2, 0.25) is 0 Å². The Morgan fingerprint density at radius 3 is 1.75 bits per heavy atom. The van der Waals surface area contributed by atoms with Gasteiger partial charge in [-0.3, -0.25) is 0 Å². The van der Waals surface area contributed by atoms with Gasteiger partial charge in [-0.05, 0) is 102 Å². The molecule has 2 heterocycles. The zero-order valence-electron chi connectivity index (χ0n) is 28.5. The minimum Gasteiger partial charge on any atom is -0.367 e. The SMILES string of the molecule is CCc1c(-c2ccccc2)cc(-c2ccc(-c3ccc(-c4cc[nH]c4)cc3)cc2)nc1-c1cccc(-c2cc3ccccc3c3ccccc23)c1. The number of pyridine rings is 1. The van der Waals surface area contributed by atoms with Crippen LogP contribution in [0, 0.1) is 0 Å². The quantitative estimate of drug-likeness (QED) is 0.171. The van der Waals surface area contributed by atoms with Crippen LogP contribution >= 0.6 is 0 Å². The Balaban J connectivity index is 1.16. The average Bonchev–Trinajstić information content (AvgIpc) is 3.76. The molecule has 2 heteroatoms. The zero-order valence-corrected chi connectivity index (χ0v) is 28.5. The first kappa shape index (κ1) is 30.5. The second kappa shape index (κ2) is 13.1. The van der Waals surface area contributed by atoms with Gasteiger partial charge in [-0.25, -0.2) is 4.98 Å². The van der Waals surface area contributed by atoms with Crippen molar-refractivity contribution in [3.63, 3.8) is 0 Å². The summed E-state index contributed by atoms with van der Waals surface area (Å²) in [6.07, 6.45) is 4.86. The van der Waals surface area contributed by atoms with Crippen LogP contribution in [0.15, 0.2) is 182 Å². The molecule has 0 unspecified atom stereocenters. The van der Waals surface area contributed by atoms with E-state index in [1.165, 1.54) is 71.6 Å². The zero-order chi connectivity index (χ0) is 34.1. The normalized spacial score (nSPS) is 11.3. The molecule has 0 atom stereocenters. The lowest BCUT2D eigenvalue weighted by Gasteiger charge is -2.18. The van der Waals surface area contributed by atoms with Crippen molar-refractivity contribution in [2.75, 3.05) is 0 Å². The van der Waals surface area contributed by atoms with Crippen LogP contribution in [-0.4, -0.2) is 9.97 Å². The molecule has 9 aromatic rings. The first-order valence-electron chi connectivity index (χ1n) is 17.7. The number of nitrogens with zero attached hydrogens (tertiary/aromatic N) is 1. The summed E-state index contributed by atoms with van der Waals surface area (Å²) in [7, 11) is 0. The van der Waals surface area contributed by atoms with Crippen molar-refractivity contribution in [3.8, 4) is 67.0 Å². The second-order valence-corrected chi connectivity index (χ2v) is 13.1. The maximum atomic E-state index is 5.46. The van der Waals surface area contributed by atoms with Crippen molar-refractivity contribution in [1.82, 2.24) is 9.97 Å². The van der Waals surface area contributed by atoms with Crippen molar-refractivity contribution in [1.29, 1.82) is 0 Å². The second-order valence-electron chi connectivity index (χ2n) is 13.1. The van der Waals surface area contributed by atoms with Crippen LogP contribution in [0.4, 0.5) is 0 Å². The largest absolute Gasteiger partial charge is 0.367 e. The Morgan fingerprint density at radius 1 is 0.431 bits per heavy atom. The number of aromatic amines is 1. The number of benzene rings is 7. The van der Waals surface area contributed by atoms with Gasteiger partial charge in [0.15, 0.2) is 0 Å². The molecule has 0 radical (unpaired) electrons. The molecule has 0 aliphatic rings. The Kier molecular flexibility index (Phi) is 7.83. The van der Waals surface area contributed by atoms with Gasteiger partial charge in [-0.15, -0.1) is 0 Å². The van der Waals surface area contributed by atoms with E-state index in [1.54, 1.807) is 0 Å². The molecule has 0 saturated heterocycles. The van der Waals surface area contributed by atoms with Crippen LogP contribution < -0.4 is 0 Å². The lowest BCUT2D eigenvalue weighted by molar-refractivity contribution is 1.11. The van der Waals surface area contributed by atoms with E-state index in [-0.39, 0.29) is 0 Å². The summed E-state index contributed by atoms with van der Waals surface area (Å²) in [6, 6.07) is 61.5. The highest BCUT2D eigenvalue weighted by Gasteiger charge is 2.17. The number of rotatable bonds is 7. The van der Waals surface area contributed by atoms with Crippen LogP contribution in [0.1, 0.15) is 12.5 Å². The molecule has 0 saturated carbocycles. The standard InChI is InChI=1S/C49H36N2/c1-2-42-47(36-11-4-3-5-12-36)31-48(37-25-23-34(24-26-37)33-19-21-35(22-20-33)41-27-28-50-32-41)51-49(42)40-15-10-14-38(29-40)46-30-39-13-6-7-16-43(39)44-17-8-9-18-45(44)46/h3-32,50H,2H2,1H3. The molecule has 0 fully saturated rings. The molecular weight excluding hydrogens is 617 g/mol. The average molecular weight is 653 g/mol. The number of hydrogen-bond acceptors (Lipinski definition) is 1. The van der Waals surface area contributed by atoms with Gasteiger partial charge in [-0.2, -0.15) is 0 Å². The first-order chi connectivity index (χ1) is 25.2. The third-order valence-corrected chi connectivity index (χ3v) is 10.1. The molecule has 242 valence electrons. The summed E-state index contributed by atoms with van der Waals surface area (Å²) in [5.74, 6) is 0. The highest BCUT2D eigenvalue weighted by atomic mass is 14.7. The van der Waals surface area contributed by atoms with Crippen molar-refractivity contribution < 1.29 is 0 Å². The van der Waals surface area contributed by atoms with Gasteiger partial charge in [0.2, 0.25) is 0 Å². The molecule has 1 N–H and O–H groups in total. The summed E-state index contributed by atoms with van der Waals surface area (Å²) in [6.45, 7) is 2.24. The Morgan fingerprint density at radius 2 is 1.04 bits per heavy atom. The van der Waals surface area contributed by atoms with Gasteiger partial charge in [0.05, 0.1) is 11.4 Å². The third kappa shape index (κ3) is 5.71. The number of hydrogen-bond donors (Lipinski definition) is 1. The Labute approximate surface area is 298 Å². The van der Waals surface area contributed by atoms with Crippen molar-refractivity contribution in [3.05, 3.63) is 188 Å². The van der Waals surface area contributed by atoms with Crippen molar-refractivity contribution >= 4 is 21.5 Å². The van der Waals surface area contributed by atoms with E-state index in [9.17, 15) is 0 Å². The molecule has 2 nitrogen and oxygen atoms in total. The molecule has 0 spiro atoms. The summed E-state index contributed by atoms with van der Waals surface area (Å²) in [4.78, 5) is 8.61. The number of nitrogens with one attached hydrogen (secondary N) is 1. The fraction of sp³-hybridized carbons (Fsp3) is 0.0408. The van der Waals surface area contributed by atoms with E-state index in [0.717, 1.165) is 28.9 Å². The van der Waals surface area contributed by atoms with Crippen molar-refractivity contribution in [2.24, 2.45) is 0 Å². The smallest absolute Gasteiger partial charge is 0.0747 e. The lowest BCUT2D eigenvalue weighted by Crippen LogP contribution is -1.99. The first-order valence-corrected chi connectivity index (χ1v) is 17.7. The highest BCUT2D eigenvalue weighted by molar-refractivity contribution is 6.13. The summed E-state index contributed by atoms with van der Waals surface area (Å²) in [5.41, 5.74) is 15.1. The molecule has 51 heavy (non-hydrogen) atoms. The monoisotopic (exact) mass is 652 g/mol. The molecule has 0 bridgehead atoms. The van der Waals surface area contributed by atoms with Gasteiger partial charge < -0.3 is 4.98 Å². The van der Waals surface area contributed by atoms with E-state index in [0.29, 0.717) is 0 Å². The lowest BCUT2D eigenvalue weighted by atomic mass is 9.90. The molecular formula is C49H36N2. The van der Waals surface area contributed by atoms with Crippen LogP contribution in [0.3, 0.4) is 0 Å². The summed E-state index contributed by atoms with van der Waals surface area (Å²) < 4.78 is 0. The van der Waals surface area contributed by atoms with Gasteiger partial charge in [0.1, 0.15) is 0 Å². The molecule has 0 aliphatic carbocycles. The minimum atomic E-state index is 0.869. The van der Waals surface area contributed by atoms with Crippen LogP contribution in [-0.2, 0) is 6.42 Å². The predicted molar refractivity (Wildman–Crippen MR) is 216 cm³/mol. The van der Waals surface area contributed by atoms with E-state index in [1.807, 2.05) is 12.4 Å². The predicted octanol–water partition coefficient (Wildman–Crippen LogP) is 13.3. The van der Waals surface area contributed by atoms with E-state index < -0.39 is 0 Å². The van der Waals surface area contributed by atoms with E-state index in [2.05, 4.69) is 182 Å². The molecule has 7 aromatic carbocycles. The Hall–Kier alpha value is -6.51. The van der Waals surface area contributed by atoms with Gasteiger partial charge in [0.25, 0.3) is 0 Å². The molecule has 9 rings (SSSR count). The minimum absolute atomic E-state index is 0.869. The van der Waals surface area contributed by atoms with Crippen molar-refractivity contribution in [2.45, 2.75) is 13.3 Å². The topological polar surface area (TPSA) is 28.7 Å². The maximum Gasteiger partial charge on any atom is 0.0747 e. The maximum absolute atomic E-state index is 5.46. The summed E-state index contributed by atoms with van der Waals surface area (Å²) in [5, 5.41) is 5.06. The fourth-order valence-electron chi connectivity index (χ4n) is 7.51. The van der Waals surface area contributed by atoms with Gasteiger partial charge >= 0.3 is 0 Å². The fourth-order valence-corrected chi connectivity index (χ4v) is 7.51. The molecule has 0 amide bonds. The van der Waals surface area contributed by atoms with Crippen LogP contribution in [0.5, 0.6) is 0 Å². The number of fused-ring (bicyclic) bond motifs is 3. The van der Waals surface area contributed by atoms with E-state index in [4.69, 9.17) is 4.98 Å². The number of aromatic nitrogens is 2. The molecule has 2 aromatic heterocycles. The van der Waals surface area contributed by atoms with Crippen LogP contribution in [0.25, 0.3) is 88.6 Å². The number of H-pyrrole nitrogens is 1. The van der Waals surface area contributed by atoms with E-state index >= 15 is 0 Å². The Bertz CT molecular complexity index is 2630. The van der Waals surface area contributed by atoms with Gasteiger partial charge in [0, 0.05) is 23.5 Å². The summed E-state index contributed by atoms with van der Waals surface area (Å²) >= 11 is 0. The highest BCUT2D eigenvalue weighted by Crippen LogP contribution is 2.39. The third-order valence-electron chi connectivity index (χ3n) is 10.1. The van der Waals surface area contributed by atoms with Gasteiger partial charge in [-0.1, -0.05) is 153 Å². The molecule has 0 aliphatic heterocycles.